The van der Waals surface area contributed by atoms with E-state index < -0.39 is 5.97 Å². The molecule has 0 atom stereocenters. The number of hydrogen-bond acceptors (Lipinski definition) is 2. The van der Waals surface area contributed by atoms with Gasteiger partial charge in [-0.15, -0.1) is 0 Å². The van der Waals surface area contributed by atoms with E-state index in [9.17, 15) is 9.90 Å². The molecule has 1 N–H and O–H groups in total. The molecule has 3 nitrogen and oxygen atoms in total. The highest BCUT2D eigenvalue weighted by Gasteiger charge is 2.15. The van der Waals surface area contributed by atoms with Crippen molar-refractivity contribution in [2.24, 2.45) is 0 Å². The molecule has 0 aliphatic rings. The van der Waals surface area contributed by atoms with Crippen molar-refractivity contribution in [2.45, 2.75) is 0 Å². The first-order valence-electron chi connectivity index (χ1n) is 7.45. The predicted octanol–water partition coefficient (Wildman–Crippen LogP) is 5.41. The Hall–Kier alpha value is -2.91. The van der Waals surface area contributed by atoms with Crippen LogP contribution in [0.3, 0.4) is 0 Å². The zero-order valence-electron chi connectivity index (χ0n) is 12.5. The summed E-state index contributed by atoms with van der Waals surface area (Å²) < 4.78 is 0. The third kappa shape index (κ3) is 2.39. The summed E-state index contributed by atoms with van der Waals surface area (Å²) in [5.74, 6) is -0.964. The molecule has 0 radical (unpaired) electrons. The average Bonchev–Trinajstić information content (AvgIpc) is 2.61. The van der Waals surface area contributed by atoms with Gasteiger partial charge < -0.3 is 5.11 Å². The van der Waals surface area contributed by atoms with Gasteiger partial charge in [0, 0.05) is 16.0 Å². The molecule has 24 heavy (non-hydrogen) atoms. The van der Waals surface area contributed by atoms with Crippen LogP contribution in [0.2, 0.25) is 5.02 Å². The smallest absolute Gasteiger partial charge is 0.336 e. The van der Waals surface area contributed by atoms with Gasteiger partial charge in [-0.2, -0.15) is 0 Å². The minimum atomic E-state index is -0.964. The number of nitrogens with zero attached hydrogens (tertiary/aromatic N) is 1. The first-order chi connectivity index (χ1) is 11.6. The maximum atomic E-state index is 11.8. The Kier molecular flexibility index (Phi) is 3.44. The van der Waals surface area contributed by atoms with Crippen LogP contribution in [0.5, 0.6) is 0 Å². The Bertz CT molecular complexity index is 1090. The van der Waals surface area contributed by atoms with Crippen LogP contribution in [0, 0.1) is 0 Å². The third-order valence-electron chi connectivity index (χ3n) is 4.07. The first kappa shape index (κ1) is 14.7. The molecule has 4 heteroatoms. The number of carboxylic acid groups (broad SMARTS) is 1. The van der Waals surface area contributed by atoms with Crippen LogP contribution >= 0.6 is 11.6 Å². The average molecular weight is 334 g/mol. The molecule has 4 rings (SSSR count). The summed E-state index contributed by atoms with van der Waals surface area (Å²) in [5.41, 5.74) is 2.36. The summed E-state index contributed by atoms with van der Waals surface area (Å²) in [4.78, 5) is 16.5. The molecule has 0 saturated heterocycles. The van der Waals surface area contributed by atoms with Gasteiger partial charge in [0.1, 0.15) is 0 Å². The number of carboxylic acids is 1. The van der Waals surface area contributed by atoms with Gasteiger partial charge in [-0.3, -0.25) is 0 Å². The SMILES string of the molecule is O=C(O)c1cc(-c2ccc(Cl)cc2)nc2ccc3ccccc3c12. The lowest BCUT2D eigenvalue weighted by molar-refractivity contribution is 0.0699. The Balaban J connectivity index is 2.08. The minimum absolute atomic E-state index is 0.252. The predicted molar refractivity (Wildman–Crippen MR) is 96.7 cm³/mol. The van der Waals surface area contributed by atoms with E-state index in [1.54, 1.807) is 18.2 Å². The number of fused-ring (bicyclic) bond motifs is 3. The molecule has 0 aliphatic carbocycles. The van der Waals surface area contributed by atoms with E-state index in [0.29, 0.717) is 21.6 Å². The fourth-order valence-corrected chi connectivity index (χ4v) is 3.07. The lowest BCUT2D eigenvalue weighted by Crippen LogP contribution is -2.01. The molecule has 1 aromatic heterocycles. The molecule has 0 aliphatic heterocycles. The van der Waals surface area contributed by atoms with Crippen LogP contribution in [0.4, 0.5) is 0 Å². The van der Waals surface area contributed by atoms with Crippen LogP contribution in [-0.4, -0.2) is 16.1 Å². The number of aromatic carboxylic acids is 1. The molecular formula is C20H12ClNO2. The van der Waals surface area contributed by atoms with Gasteiger partial charge in [0.2, 0.25) is 0 Å². The van der Waals surface area contributed by atoms with Crippen molar-refractivity contribution in [3.8, 4) is 11.3 Å². The van der Waals surface area contributed by atoms with Crippen molar-refractivity contribution < 1.29 is 9.90 Å². The molecule has 0 amide bonds. The fourth-order valence-electron chi connectivity index (χ4n) is 2.94. The number of rotatable bonds is 2. The molecule has 4 aromatic rings. The molecule has 3 aromatic carbocycles. The van der Waals surface area contributed by atoms with E-state index in [0.717, 1.165) is 16.3 Å². The molecule has 0 fully saturated rings. The number of benzene rings is 3. The summed E-state index contributed by atoms with van der Waals surface area (Å²) in [5, 5.41) is 12.9. The molecule has 0 unspecified atom stereocenters. The Morgan fingerprint density at radius 2 is 1.71 bits per heavy atom. The number of hydrogen-bond donors (Lipinski definition) is 1. The Morgan fingerprint density at radius 3 is 2.46 bits per heavy atom. The molecule has 116 valence electrons. The van der Waals surface area contributed by atoms with E-state index in [4.69, 9.17) is 11.6 Å². The zero-order valence-corrected chi connectivity index (χ0v) is 13.3. The monoisotopic (exact) mass is 333 g/mol. The van der Waals surface area contributed by atoms with E-state index in [1.165, 1.54) is 0 Å². The largest absolute Gasteiger partial charge is 0.478 e. The van der Waals surface area contributed by atoms with E-state index in [1.807, 2.05) is 48.5 Å². The molecule has 0 bridgehead atoms. The number of carbonyl (C=O) groups is 1. The first-order valence-corrected chi connectivity index (χ1v) is 7.83. The number of halogens is 1. The van der Waals surface area contributed by atoms with Crippen LogP contribution in [0.1, 0.15) is 10.4 Å². The molecule has 0 saturated carbocycles. The Labute approximate surface area is 143 Å². The maximum absolute atomic E-state index is 11.8. The second kappa shape index (κ2) is 5.62. The Morgan fingerprint density at radius 1 is 0.958 bits per heavy atom. The van der Waals surface area contributed by atoms with Gasteiger partial charge in [0.15, 0.2) is 0 Å². The fraction of sp³-hybridized carbons (Fsp3) is 0. The number of pyridine rings is 1. The lowest BCUT2D eigenvalue weighted by Gasteiger charge is -2.10. The number of aromatic nitrogens is 1. The zero-order chi connectivity index (χ0) is 16.7. The maximum Gasteiger partial charge on any atom is 0.336 e. The standard InChI is InChI=1S/C20H12ClNO2/c21-14-8-5-13(6-9-14)18-11-16(20(23)24)19-15-4-2-1-3-12(15)7-10-17(19)22-18/h1-11H,(H,23,24). The summed E-state index contributed by atoms with van der Waals surface area (Å²) in [6, 6.07) is 20.4. The highest BCUT2D eigenvalue weighted by molar-refractivity contribution is 6.30. The second-order valence-corrected chi connectivity index (χ2v) is 5.98. The third-order valence-corrected chi connectivity index (χ3v) is 4.32. The minimum Gasteiger partial charge on any atom is -0.478 e. The van der Waals surface area contributed by atoms with Crippen molar-refractivity contribution in [1.82, 2.24) is 4.98 Å². The van der Waals surface area contributed by atoms with Crippen LogP contribution in [-0.2, 0) is 0 Å². The molecular weight excluding hydrogens is 322 g/mol. The molecule has 1 heterocycles. The van der Waals surface area contributed by atoms with Crippen molar-refractivity contribution >= 4 is 39.2 Å². The normalized spacial score (nSPS) is 11.0. The molecule has 0 spiro atoms. The van der Waals surface area contributed by atoms with E-state index in [2.05, 4.69) is 4.98 Å². The van der Waals surface area contributed by atoms with Crippen molar-refractivity contribution in [3.63, 3.8) is 0 Å². The van der Waals surface area contributed by atoms with Crippen LogP contribution in [0.25, 0.3) is 32.9 Å². The topological polar surface area (TPSA) is 50.2 Å². The van der Waals surface area contributed by atoms with Gasteiger partial charge in [-0.1, -0.05) is 54.1 Å². The highest BCUT2D eigenvalue weighted by atomic mass is 35.5. The summed E-state index contributed by atoms with van der Waals surface area (Å²) in [7, 11) is 0. The van der Waals surface area contributed by atoms with Crippen LogP contribution < -0.4 is 0 Å². The summed E-state index contributed by atoms with van der Waals surface area (Å²) in [6.45, 7) is 0. The summed E-state index contributed by atoms with van der Waals surface area (Å²) in [6.07, 6.45) is 0. The van der Waals surface area contributed by atoms with Crippen molar-refractivity contribution in [2.75, 3.05) is 0 Å². The second-order valence-electron chi connectivity index (χ2n) is 5.55. The summed E-state index contributed by atoms with van der Waals surface area (Å²) >= 11 is 5.93. The lowest BCUT2D eigenvalue weighted by atomic mass is 9.99. The van der Waals surface area contributed by atoms with E-state index in [-0.39, 0.29) is 5.56 Å². The van der Waals surface area contributed by atoms with Gasteiger partial charge in [-0.05, 0) is 35.0 Å². The van der Waals surface area contributed by atoms with Crippen molar-refractivity contribution in [3.05, 3.63) is 77.3 Å². The van der Waals surface area contributed by atoms with Gasteiger partial charge >= 0.3 is 5.97 Å². The van der Waals surface area contributed by atoms with Gasteiger partial charge in [0.25, 0.3) is 0 Å². The van der Waals surface area contributed by atoms with Crippen molar-refractivity contribution in [1.29, 1.82) is 0 Å². The quantitative estimate of drug-likeness (QED) is 0.499. The van der Waals surface area contributed by atoms with Crippen LogP contribution in [0.15, 0.2) is 66.7 Å². The van der Waals surface area contributed by atoms with Gasteiger partial charge in [0.05, 0.1) is 16.8 Å². The highest BCUT2D eigenvalue weighted by Crippen LogP contribution is 2.31. The van der Waals surface area contributed by atoms with Gasteiger partial charge in [-0.25, -0.2) is 9.78 Å². The van der Waals surface area contributed by atoms with E-state index >= 15 is 0 Å².